The van der Waals surface area contributed by atoms with Crippen LogP contribution in [0.2, 0.25) is 1.41 Å². The van der Waals surface area contributed by atoms with Crippen LogP contribution in [0.4, 0.5) is 0 Å². The van der Waals surface area contributed by atoms with Crippen LogP contribution < -0.4 is 5.31 Å². The van der Waals surface area contributed by atoms with Crippen molar-refractivity contribution >= 4 is 5.91 Å². The molecule has 0 aromatic carbocycles. The Morgan fingerprint density at radius 2 is 1.91 bits per heavy atom. The second-order valence-corrected chi connectivity index (χ2v) is 4.03. The number of nitrogens with one attached hydrogen (secondary N) is 1. The van der Waals surface area contributed by atoms with Crippen LogP contribution in [0.25, 0.3) is 0 Å². The molecule has 1 aliphatic heterocycles. The van der Waals surface area contributed by atoms with Crippen molar-refractivity contribution in [2.24, 2.45) is 0 Å². The highest BCUT2D eigenvalue weighted by Gasteiger charge is 2.47. The molecule has 1 fully saturated rings. The number of hydrogen-bond acceptors (Lipinski definition) is 2. The number of carbonyl (C=O) groups excluding carboxylic acids is 1. The van der Waals surface area contributed by atoms with Crippen molar-refractivity contribution < 1.29 is 6.21 Å². The highest BCUT2D eigenvalue weighted by molar-refractivity contribution is 5.88. The smallest absolute Gasteiger partial charge is 0.243 e. The Kier molecular flexibility index (Phi) is 1.27. The van der Waals surface area contributed by atoms with Gasteiger partial charge >= 0.3 is 0 Å². The molecule has 0 aromatic rings. The molecule has 0 aromatic heterocycles. The van der Waals surface area contributed by atoms with Crippen molar-refractivity contribution in [1.82, 2.24) is 10.2 Å². The van der Waals surface area contributed by atoms with E-state index in [0.717, 1.165) is 0 Å². The Balaban J connectivity index is 3.12. The molecule has 1 aliphatic rings. The topological polar surface area (TPSA) is 32.3 Å². The van der Waals surface area contributed by atoms with Gasteiger partial charge in [0.05, 0.1) is 11.2 Å². The van der Waals surface area contributed by atoms with E-state index in [1.54, 1.807) is 25.8 Å². The maximum Gasteiger partial charge on any atom is 0.243 e. The van der Waals surface area contributed by atoms with E-state index >= 15 is 0 Å². The predicted octanol–water partition coefficient (Wildman–Crippen LogP) is 0.563. The van der Waals surface area contributed by atoms with Gasteiger partial charge in [0.15, 0.2) is 0 Å². The number of likely N-dealkylation sites (N-methyl/N-ethyl adjacent to an activating group) is 1. The van der Waals surface area contributed by atoms with Gasteiger partial charge in [0.2, 0.25) is 5.91 Å². The molecule has 1 rings (SSSR count). The Morgan fingerprint density at radius 3 is 2.00 bits per heavy atom. The molecule has 0 saturated carbocycles. The summed E-state index contributed by atoms with van der Waals surface area (Å²) < 4.78 is 7.77. The second kappa shape index (κ2) is 1.97. The SMILES string of the molecule is [3H]N1C(C)(C)C(=O)N(C)C1(C)C. The average Bonchev–Trinajstić information content (AvgIpc) is 2.06. The summed E-state index contributed by atoms with van der Waals surface area (Å²) in [6, 6.07) is 0. The second-order valence-electron chi connectivity index (χ2n) is 4.03. The van der Waals surface area contributed by atoms with Gasteiger partial charge in [-0.2, -0.15) is 0 Å². The van der Waals surface area contributed by atoms with Gasteiger partial charge in [-0.15, -0.1) is 0 Å². The number of nitrogens with zero attached hydrogens (tertiary/aromatic N) is 1. The summed E-state index contributed by atoms with van der Waals surface area (Å²) >= 11 is 0. The van der Waals surface area contributed by atoms with Crippen LogP contribution in [0, 0.1) is 0 Å². The zero-order chi connectivity index (χ0) is 9.73. The Morgan fingerprint density at radius 1 is 1.45 bits per heavy atom. The molecular weight excluding hydrogens is 140 g/mol. The lowest BCUT2D eigenvalue weighted by molar-refractivity contribution is -0.132. The zero-order valence-electron chi connectivity index (χ0n) is 8.80. The molecule has 1 heterocycles. The Bertz CT molecular complexity index is 225. The van der Waals surface area contributed by atoms with E-state index in [-0.39, 0.29) is 5.91 Å². The van der Waals surface area contributed by atoms with Gasteiger partial charge in [-0.05, 0) is 27.7 Å². The minimum absolute atomic E-state index is 0.00231. The molecule has 0 radical (unpaired) electrons. The summed E-state index contributed by atoms with van der Waals surface area (Å²) in [5.41, 5.74) is -1.20. The molecule has 0 bridgehead atoms. The Labute approximate surface area is 69.2 Å². The van der Waals surface area contributed by atoms with Crippen molar-refractivity contribution in [3.8, 4) is 0 Å². The molecule has 1 N–H and O–H groups in total. The van der Waals surface area contributed by atoms with E-state index in [0.29, 0.717) is 0 Å². The zero-order valence-corrected chi connectivity index (χ0v) is 7.80. The highest BCUT2D eigenvalue weighted by atomic mass is 16.2. The fourth-order valence-electron chi connectivity index (χ4n) is 1.47. The monoisotopic (exact) mass is 158 g/mol. The van der Waals surface area contributed by atoms with Gasteiger partial charge in [-0.1, -0.05) is 0 Å². The van der Waals surface area contributed by atoms with E-state index in [9.17, 15) is 4.79 Å². The molecule has 3 heteroatoms. The van der Waals surface area contributed by atoms with Crippen LogP contribution in [0.1, 0.15) is 27.7 Å². The first kappa shape index (κ1) is 7.10. The summed E-state index contributed by atoms with van der Waals surface area (Å²) in [4.78, 5) is 13.2. The number of hydrogen-bond donors (Lipinski definition) is 1. The maximum atomic E-state index is 11.6. The number of carbonyl (C=O) groups is 1. The molecule has 11 heavy (non-hydrogen) atoms. The summed E-state index contributed by atoms with van der Waals surface area (Å²) in [6.07, 6.45) is 0. The van der Waals surface area contributed by atoms with Gasteiger partial charge in [0.25, 0.3) is 0 Å². The van der Waals surface area contributed by atoms with Crippen molar-refractivity contribution in [2.75, 3.05) is 7.05 Å². The first-order valence-corrected chi connectivity index (χ1v) is 3.80. The molecule has 0 unspecified atom stereocenters. The molecule has 0 spiro atoms. The molecule has 1 saturated heterocycles. The van der Waals surface area contributed by atoms with Crippen LogP contribution in [-0.4, -0.2) is 29.1 Å². The van der Waals surface area contributed by atoms with E-state index < -0.39 is 11.2 Å². The van der Waals surface area contributed by atoms with Gasteiger partial charge in [-0.3, -0.25) is 10.1 Å². The molecule has 64 valence electrons. The largest absolute Gasteiger partial charge is 0.326 e. The summed E-state index contributed by atoms with van der Waals surface area (Å²) in [5.74, 6) is 0.00231. The summed E-state index contributed by atoms with van der Waals surface area (Å²) in [5, 5.41) is 1.35. The summed E-state index contributed by atoms with van der Waals surface area (Å²) in [6.45, 7) is 7.28. The van der Waals surface area contributed by atoms with E-state index in [1.165, 1.54) is 5.31 Å². The van der Waals surface area contributed by atoms with Crippen LogP contribution in [0.15, 0.2) is 0 Å². The average molecular weight is 158 g/mol. The lowest BCUT2D eigenvalue weighted by atomic mass is 10.1. The molecule has 0 aliphatic carbocycles. The normalized spacial score (nSPS) is 30.8. The van der Waals surface area contributed by atoms with Gasteiger partial charge in [0, 0.05) is 7.05 Å². The van der Waals surface area contributed by atoms with Crippen molar-refractivity contribution in [1.29, 1.82) is 0 Å². The molecule has 3 nitrogen and oxygen atoms in total. The standard InChI is InChI=1S/C8H16N2O/c1-7(2)6(11)10(5)8(3,4)9-7/h9H,1-5H3/i/hT. The van der Waals surface area contributed by atoms with Gasteiger partial charge in [0.1, 0.15) is 1.41 Å². The lowest BCUT2D eigenvalue weighted by Crippen LogP contribution is -2.47. The van der Waals surface area contributed by atoms with Crippen LogP contribution in [0.5, 0.6) is 0 Å². The highest BCUT2D eigenvalue weighted by Crippen LogP contribution is 2.25. The maximum absolute atomic E-state index is 11.6. The third-order valence-electron chi connectivity index (χ3n) is 2.20. The first-order chi connectivity index (χ1) is 5.22. The summed E-state index contributed by atoms with van der Waals surface area (Å²) in [7, 11) is 1.73. The quantitative estimate of drug-likeness (QED) is 0.559. The van der Waals surface area contributed by atoms with Crippen molar-refractivity contribution in [3.05, 3.63) is 0 Å². The van der Waals surface area contributed by atoms with Crippen LogP contribution >= 0.6 is 0 Å². The minimum atomic E-state index is -0.696. The number of amides is 1. The van der Waals surface area contributed by atoms with Crippen LogP contribution in [0.3, 0.4) is 0 Å². The minimum Gasteiger partial charge on any atom is -0.326 e. The molecule has 1 amide bonds. The van der Waals surface area contributed by atoms with E-state index in [2.05, 4.69) is 0 Å². The fraction of sp³-hybridized carbons (Fsp3) is 0.875. The van der Waals surface area contributed by atoms with E-state index in [4.69, 9.17) is 1.41 Å². The van der Waals surface area contributed by atoms with E-state index in [1.807, 2.05) is 13.8 Å². The van der Waals surface area contributed by atoms with Crippen molar-refractivity contribution in [3.63, 3.8) is 0 Å². The number of rotatable bonds is 0. The third-order valence-corrected chi connectivity index (χ3v) is 2.20. The van der Waals surface area contributed by atoms with Gasteiger partial charge < -0.3 is 4.90 Å². The molecular formula is C8H16N2O. The first-order valence-electron chi connectivity index (χ1n) is 4.24. The van der Waals surface area contributed by atoms with Gasteiger partial charge in [-0.25, -0.2) is 0 Å². The van der Waals surface area contributed by atoms with Crippen molar-refractivity contribution in [2.45, 2.75) is 38.9 Å². The molecule has 0 atom stereocenters. The predicted molar refractivity (Wildman–Crippen MR) is 44.1 cm³/mol. The third kappa shape index (κ3) is 1.13. The lowest BCUT2D eigenvalue weighted by Gasteiger charge is -2.27. The Hall–Kier alpha value is -0.570. The fourth-order valence-corrected chi connectivity index (χ4v) is 1.47. The van der Waals surface area contributed by atoms with Crippen LogP contribution in [-0.2, 0) is 4.79 Å².